The summed E-state index contributed by atoms with van der Waals surface area (Å²) in [7, 11) is -10.1. The van der Waals surface area contributed by atoms with Crippen molar-refractivity contribution in [2.45, 2.75) is 9.79 Å². The molecule has 148 valence electrons. The zero-order valence-electron chi connectivity index (χ0n) is 15.4. The normalized spacial score (nSPS) is 13.0. The second-order valence-electron chi connectivity index (χ2n) is 5.73. The number of benzene rings is 2. The Hall–Kier alpha value is -1.20. The van der Waals surface area contributed by atoms with Crippen LogP contribution in [-0.4, -0.2) is 47.7 Å². The van der Waals surface area contributed by atoms with Crippen molar-refractivity contribution >= 4 is 43.2 Å². The van der Waals surface area contributed by atoms with Crippen LogP contribution < -0.4 is 70.6 Å². The van der Waals surface area contributed by atoms with Gasteiger partial charge in [-0.1, -0.05) is 0 Å². The molecule has 1 aliphatic carbocycles. The zero-order valence-corrected chi connectivity index (χ0v) is 21.0. The van der Waals surface area contributed by atoms with Crippen LogP contribution in [0.5, 0.6) is 11.5 Å². The Bertz CT molecular complexity index is 1230. The maximum absolute atomic E-state index is 12.8. The number of carbonyl (C=O) groups is 2. The van der Waals surface area contributed by atoms with Gasteiger partial charge in [-0.2, -0.15) is 16.8 Å². The molecule has 0 spiro atoms. The van der Waals surface area contributed by atoms with Crippen LogP contribution in [0.3, 0.4) is 0 Å². The number of hydrogen-bond acceptors (Lipinski definition) is 10. The van der Waals surface area contributed by atoms with E-state index >= 15 is 0 Å². The van der Waals surface area contributed by atoms with Crippen molar-refractivity contribution in [2.75, 3.05) is 11.5 Å². The first-order chi connectivity index (χ1) is 12.7. The fraction of sp³-hybridized carbons (Fsp3) is 0. The van der Waals surface area contributed by atoms with Crippen LogP contribution >= 0.6 is 0 Å². The van der Waals surface area contributed by atoms with Crippen LogP contribution in [0.1, 0.15) is 31.8 Å². The number of nitrogen functional groups attached to an aromatic ring is 2. The van der Waals surface area contributed by atoms with E-state index in [9.17, 15) is 36.6 Å². The molecule has 0 radical (unpaired) electrons. The quantitative estimate of drug-likeness (QED) is 0.0876. The molecular formula is C14H10N2Na2O10S2+2. The van der Waals surface area contributed by atoms with Crippen molar-refractivity contribution < 1.29 is 105 Å². The van der Waals surface area contributed by atoms with Gasteiger partial charge >= 0.3 is 59.1 Å². The summed E-state index contributed by atoms with van der Waals surface area (Å²) in [6.07, 6.45) is 0. The van der Waals surface area contributed by atoms with Gasteiger partial charge in [-0.25, -0.2) is 0 Å². The molecule has 2 aromatic carbocycles. The molecule has 0 aliphatic heterocycles. The number of aromatic hydroxyl groups is 2. The maximum Gasteiger partial charge on any atom is 1.00 e. The summed E-state index contributed by atoms with van der Waals surface area (Å²) in [5.41, 5.74) is 6.54. The predicted octanol–water partition coefficient (Wildman–Crippen LogP) is -6.46. The minimum Gasteiger partial charge on any atom is -0.506 e. The molecule has 30 heavy (non-hydrogen) atoms. The van der Waals surface area contributed by atoms with Crippen LogP contribution in [0.4, 0.5) is 11.4 Å². The van der Waals surface area contributed by atoms with Gasteiger partial charge in [-0.05, 0) is 12.1 Å². The molecule has 0 unspecified atom stereocenters. The third-order valence-corrected chi connectivity index (χ3v) is 5.79. The number of phenols is 2. The number of rotatable bonds is 2. The van der Waals surface area contributed by atoms with Crippen LogP contribution in [0.15, 0.2) is 21.9 Å². The fourth-order valence-corrected chi connectivity index (χ4v) is 4.15. The Balaban J connectivity index is 0.00000225. The monoisotopic (exact) mass is 476 g/mol. The van der Waals surface area contributed by atoms with E-state index in [4.69, 9.17) is 20.6 Å². The summed E-state index contributed by atoms with van der Waals surface area (Å²) in [6.45, 7) is 0. The molecule has 0 fully saturated rings. The van der Waals surface area contributed by atoms with Crippen LogP contribution in [-0.2, 0) is 20.2 Å². The summed E-state index contributed by atoms with van der Waals surface area (Å²) in [5.74, 6) is -5.11. The molecule has 16 heteroatoms. The van der Waals surface area contributed by atoms with Crippen molar-refractivity contribution in [1.29, 1.82) is 0 Å². The molecule has 1 aliphatic rings. The Labute approximate surface area is 213 Å². The SMILES string of the molecule is Nc1cc(S(=O)(=O)O)c(O)c2c1C(=O)c1c(O)c(S(=O)(=O)O)cc(N)c1C2=O.[Na+].[Na+]. The molecule has 0 heterocycles. The number of phenolic OH excluding ortho intramolecular Hbond substituents is 2. The van der Waals surface area contributed by atoms with E-state index < -0.39 is 86.7 Å². The first-order valence-corrected chi connectivity index (χ1v) is 9.91. The first kappa shape index (κ1) is 26.8. The predicted molar refractivity (Wildman–Crippen MR) is 91.5 cm³/mol. The van der Waals surface area contributed by atoms with Crippen molar-refractivity contribution in [2.24, 2.45) is 0 Å². The Morgan fingerprint density at radius 3 is 1.13 bits per heavy atom. The molecule has 3 rings (SSSR count). The third-order valence-electron chi connectivity index (χ3n) is 4.05. The van der Waals surface area contributed by atoms with Crippen molar-refractivity contribution in [1.82, 2.24) is 0 Å². The Morgan fingerprint density at radius 1 is 0.633 bits per heavy atom. The van der Waals surface area contributed by atoms with Gasteiger partial charge in [0.1, 0.15) is 21.3 Å². The third kappa shape index (κ3) is 4.00. The summed E-state index contributed by atoms with van der Waals surface area (Å²) < 4.78 is 63.9. The van der Waals surface area contributed by atoms with Gasteiger partial charge < -0.3 is 21.7 Å². The summed E-state index contributed by atoms with van der Waals surface area (Å²) in [6, 6.07) is 1.01. The number of anilines is 2. The minimum atomic E-state index is -5.04. The maximum atomic E-state index is 12.8. The first-order valence-electron chi connectivity index (χ1n) is 7.03. The van der Waals surface area contributed by atoms with E-state index in [-0.39, 0.29) is 59.1 Å². The number of hydrogen-bond donors (Lipinski definition) is 6. The summed E-state index contributed by atoms with van der Waals surface area (Å²) in [4.78, 5) is 23.3. The number of fused-ring (bicyclic) bond motifs is 2. The van der Waals surface area contributed by atoms with Gasteiger partial charge in [0.05, 0.1) is 22.3 Å². The second-order valence-corrected chi connectivity index (χ2v) is 8.51. The van der Waals surface area contributed by atoms with Crippen molar-refractivity contribution in [3.8, 4) is 11.5 Å². The zero-order chi connectivity index (χ0) is 21.3. The molecule has 0 aromatic heterocycles. The molecule has 0 amide bonds. The molecule has 0 saturated carbocycles. The Morgan fingerprint density at radius 2 is 0.900 bits per heavy atom. The van der Waals surface area contributed by atoms with Gasteiger partial charge in [0, 0.05) is 11.4 Å². The van der Waals surface area contributed by atoms with E-state index in [2.05, 4.69) is 0 Å². The van der Waals surface area contributed by atoms with E-state index in [1.807, 2.05) is 0 Å². The molecule has 12 nitrogen and oxygen atoms in total. The van der Waals surface area contributed by atoms with E-state index in [1.54, 1.807) is 0 Å². The Kier molecular flexibility index (Phi) is 7.50. The van der Waals surface area contributed by atoms with Gasteiger partial charge in [0.15, 0.2) is 0 Å². The average molecular weight is 476 g/mol. The average Bonchev–Trinajstić information content (AvgIpc) is 2.53. The molecule has 2 aromatic rings. The largest absolute Gasteiger partial charge is 1.00 e. The second kappa shape index (κ2) is 8.38. The van der Waals surface area contributed by atoms with Gasteiger partial charge in [-0.3, -0.25) is 18.7 Å². The number of carbonyl (C=O) groups excluding carboxylic acids is 2. The van der Waals surface area contributed by atoms with E-state index in [0.29, 0.717) is 12.1 Å². The van der Waals surface area contributed by atoms with Crippen molar-refractivity contribution in [3.05, 3.63) is 34.4 Å². The minimum absolute atomic E-state index is 0. The molecule has 0 saturated heterocycles. The molecular weight excluding hydrogens is 466 g/mol. The van der Waals surface area contributed by atoms with E-state index in [1.165, 1.54) is 0 Å². The van der Waals surface area contributed by atoms with E-state index in [0.717, 1.165) is 0 Å². The molecule has 0 atom stereocenters. The van der Waals surface area contributed by atoms with Crippen LogP contribution in [0.2, 0.25) is 0 Å². The standard InChI is InChI=1S/C14H10N2O10S2.2Na/c15-3-1-5(27(21,22)23)11(17)9-7(3)13(19)10-8(14(9)20)4(16)2-6(12(10)18)28(24,25)26;;/h1-2,17-18H,15-16H2,(H,21,22,23)(H,24,25,26);;/q;2*+1. The smallest absolute Gasteiger partial charge is 0.506 e. The molecule has 0 bridgehead atoms. The number of nitrogens with two attached hydrogens (primary N) is 2. The fourth-order valence-electron chi connectivity index (χ4n) is 2.91. The number of ketones is 2. The molecule has 8 N–H and O–H groups in total. The van der Waals surface area contributed by atoms with Crippen LogP contribution in [0, 0.1) is 0 Å². The van der Waals surface area contributed by atoms with Crippen molar-refractivity contribution in [3.63, 3.8) is 0 Å². The summed E-state index contributed by atoms with van der Waals surface area (Å²) in [5, 5.41) is 20.3. The topological polar surface area (TPSA) is 235 Å². The van der Waals surface area contributed by atoms with Gasteiger partial charge in [0.25, 0.3) is 20.2 Å². The van der Waals surface area contributed by atoms with Gasteiger partial charge in [-0.15, -0.1) is 0 Å². The summed E-state index contributed by atoms with van der Waals surface area (Å²) >= 11 is 0. The van der Waals surface area contributed by atoms with Gasteiger partial charge in [0.2, 0.25) is 11.6 Å². The van der Waals surface area contributed by atoms with Crippen LogP contribution in [0.25, 0.3) is 0 Å².